The van der Waals surface area contributed by atoms with Gasteiger partial charge in [-0.1, -0.05) is 6.07 Å². The van der Waals surface area contributed by atoms with Crippen molar-refractivity contribution in [1.29, 1.82) is 0 Å². The van der Waals surface area contributed by atoms with E-state index in [1.807, 2.05) is 25.1 Å². The van der Waals surface area contributed by atoms with Crippen molar-refractivity contribution >= 4 is 16.6 Å². The monoisotopic (exact) mass is 411 g/mol. The lowest BCUT2D eigenvalue weighted by Gasteiger charge is -2.20. The molecule has 0 bridgehead atoms. The molecule has 0 saturated carbocycles. The van der Waals surface area contributed by atoms with Gasteiger partial charge in [-0.25, -0.2) is 22.7 Å². The Morgan fingerprint density at radius 2 is 1.97 bits per heavy atom. The first-order valence-electron chi connectivity index (χ1n) is 9.54. The van der Waals surface area contributed by atoms with E-state index in [-0.39, 0.29) is 17.9 Å². The van der Waals surface area contributed by atoms with E-state index in [1.165, 1.54) is 21.2 Å². The smallest absolute Gasteiger partial charge is 0.351 e. The Morgan fingerprint density at radius 1 is 1.20 bits per heavy atom. The summed E-state index contributed by atoms with van der Waals surface area (Å²) in [7, 11) is 1.59. The maximum atomic E-state index is 14.5. The molecule has 0 spiro atoms. The van der Waals surface area contributed by atoms with E-state index in [0.717, 1.165) is 17.0 Å². The number of ether oxygens (including phenoxy) is 2. The summed E-state index contributed by atoms with van der Waals surface area (Å²) in [6, 6.07) is 10.1. The van der Waals surface area contributed by atoms with Crippen molar-refractivity contribution in [2.24, 2.45) is 0 Å². The van der Waals surface area contributed by atoms with Crippen LogP contribution in [0.5, 0.6) is 5.75 Å². The van der Waals surface area contributed by atoms with Gasteiger partial charge in [0.2, 0.25) is 0 Å². The molecule has 8 heteroatoms. The first-order chi connectivity index (χ1) is 14.4. The van der Waals surface area contributed by atoms with Crippen molar-refractivity contribution in [1.82, 2.24) is 14.2 Å². The Kier molecular flexibility index (Phi) is 3.98. The van der Waals surface area contributed by atoms with E-state index < -0.39 is 23.3 Å². The van der Waals surface area contributed by atoms with Crippen LogP contribution in [-0.2, 0) is 10.3 Å². The number of halogens is 2. The SMILES string of the molecule is COc1ccc2c(c1)c(C)cc1nn([C@H](C)[C@@]3(c4ccc(F)cc4F)CO3)c(=O)n12. The number of hydrogen-bond acceptors (Lipinski definition) is 4. The minimum Gasteiger partial charge on any atom is -0.497 e. The summed E-state index contributed by atoms with van der Waals surface area (Å²) in [5.74, 6) is -0.678. The Morgan fingerprint density at radius 3 is 2.63 bits per heavy atom. The van der Waals surface area contributed by atoms with Crippen LogP contribution in [0.4, 0.5) is 8.78 Å². The van der Waals surface area contributed by atoms with Crippen molar-refractivity contribution in [2.45, 2.75) is 25.5 Å². The molecule has 0 amide bonds. The van der Waals surface area contributed by atoms with Gasteiger partial charge in [0.05, 0.1) is 25.3 Å². The van der Waals surface area contributed by atoms with E-state index in [1.54, 1.807) is 20.1 Å². The van der Waals surface area contributed by atoms with Crippen molar-refractivity contribution in [3.05, 3.63) is 75.7 Å². The Hall–Kier alpha value is -3.26. The zero-order valence-electron chi connectivity index (χ0n) is 16.6. The molecule has 0 N–H and O–H groups in total. The molecule has 0 radical (unpaired) electrons. The molecule has 0 aliphatic carbocycles. The first-order valence-corrected chi connectivity index (χ1v) is 9.54. The van der Waals surface area contributed by atoms with Gasteiger partial charge in [-0.3, -0.25) is 0 Å². The average molecular weight is 411 g/mol. The number of aryl methyl sites for hydroxylation is 1. The molecular formula is C22H19F2N3O3. The zero-order valence-corrected chi connectivity index (χ0v) is 16.6. The maximum absolute atomic E-state index is 14.5. The number of methoxy groups -OCH3 is 1. The summed E-state index contributed by atoms with van der Waals surface area (Å²) in [4.78, 5) is 13.3. The largest absolute Gasteiger partial charge is 0.497 e. The maximum Gasteiger partial charge on any atom is 0.351 e. The second-order valence-corrected chi connectivity index (χ2v) is 7.61. The van der Waals surface area contributed by atoms with Gasteiger partial charge in [-0.2, -0.15) is 0 Å². The highest BCUT2D eigenvalue weighted by molar-refractivity contribution is 5.86. The topological polar surface area (TPSA) is 61.1 Å². The minimum absolute atomic E-state index is 0.214. The molecule has 5 rings (SSSR count). The van der Waals surface area contributed by atoms with Crippen molar-refractivity contribution in [2.75, 3.05) is 13.7 Å². The fraction of sp³-hybridized carbons (Fsp3) is 0.273. The Bertz CT molecular complexity index is 1370. The van der Waals surface area contributed by atoms with Crippen LogP contribution >= 0.6 is 0 Å². The van der Waals surface area contributed by atoms with E-state index in [0.29, 0.717) is 16.9 Å². The van der Waals surface area contributed by atoms with Gasteiger partial charge in [-0.05, 0) is 49.7 Å². The van der Waals surface area contributed by atoms with Crippen LogP contribution < -0.4 is 10.4 Å². The van der Waals surface area contributed by atoms with Gasteiger partial charge in [-0.15, -0.1) is 5.10 Å². The number of pyridine rings is 1. The number of benzene rings is 2. The van der Waals surface area contributed by atoms with Crippen LogP contribution in [0.15, 0.2) is 47.3 Å². The lowest BCUT2D eigenvalue weighted by atomic mass is 9.92. The molecule has 1 saturated heterocycles. The average Bonchev–Trinajstić information content (AvgIpc) is 3.46. The molecular weight excluding hydrogens is 392 g/mol. The summed E-state index contributed by atoms with van der Waals surface area (Å²) in [6.07, 6.45) is 0. The molecule has 2 aromatic carbocycles. The van der Waals surface area contributed by atoms with E-state index in [2.05, 4.69) is 5.10 Å². The first kappa shape index (κ1) is 18.7. The number of fused-ring (bicyclic) bond motifs is 3. The summed E-state index contributed by atoms with van der Waals surface area (Å²) >= 11 is 0. The van der Waals surface area contributed by atoms with Crippen molar-refractivity contribution in [3.8, 4) is 5.75 Å². The Labute approximate surface area is 170 Å². The molecule has 1 aliphatic rings. The molecule has 4 aromatic rings. The predicted molar refractivity (Wildman–Crippen MR) is 107 cm³/mol. The van der Waals surface area contributed by atoms with Gasteiger partial charge in [0, 0.05) is 17.0 Å². The fourth-order valence-corrected chi connectivity index (χ4v) is 4.12. The molecule has 0 unspecified atom stereocenters. The number of epoxide rings is 1. The lowest BCUT2D eigenvalue weighted by molar-refractivity contribution is 0.211. The third-order valence-electron chi connectivity index (χ3n) is 5.93. The molecule has 1 aliphatic heterocycles. The van der Waals surface area contributed by atoms with Gasteiger partial charge >= 0.3 is 5.69 Å². The standard InChI is InChI=1S/C22H19F2N3O3/c1-12-8-20-25-27(21(28)26(20)19-7-5-15(29-3)10-16(12)19)13(2)22(11-30-22)17-6-4-14(23)9-18(17)24/h4-10,13H,11H2,1-3H3/t13-,22-/m1/s1. The lowest BCUT2D eigenvalue weighted by Crippen LogP contribution is -2.33. The van der Waals surface area contributed by atoms with Gasteiger partial charge < -0.3 is 9.47 Å². The van der Waals surface area contributed by atoms with Crippen LogP contribution in [0.25, 0.3) is 16.6 Å². The number of hydrogen-bond donors (Lipinski definition) is 0. The third-order valence-corrected chi connectivity index (χ3v) is 5.93. The number of aromatic nitrogens is 3. The van der Waals surface area contributed by atoms with Crippen molar-refractivity contribution in [3.63, 3.8) is 0 Å². The minimum atomic E-state index is -1.06. The molecule has 2 aromatic heterocycles. The summed E-state index contributed by atoms with van der Waals surface area (Å²) < 4.78 is 41.6. The fourth-order valence-electron chi connectivity index (χ4n) is 4.12. The van der Waals surface area contributed by atoms with E-state index in [4.69, 9.17) is 9.47 Å². The van der Waals surface area contributed by atoms with Gasteiger partial charge in [0.25, 0.3) is 0 Å². The highest BCUT2D eigenvalue weighted by Gasteiger charge is 2.54. The molecule has 154 valence electrons. The molecule has 3 heterocycles. The Balaban J connectivity index is 1.69. The predicted octanol–water partition coefficient (Wildman–Crippen LogP) is 3.73. The van der Waals surface area contributed by atoms with Crippen LogP contribution in [0.3, 0.4) is 0 Å². The highest BCUT2D eigenvalue weighted by atomic mass is 19.1. The zero-order chi connectivity index (χ0) is 21.2. The molecule has 2 atom stereocenters. The number of nitrogens with zero attached hydrogens (tertiary/aromatic N) is 3. The summed E-state index contributed by atoms with van der Waals surface area (Å²) in [5.41, 5.74) is 0.929. The van der Waals surface area contributed by atoms with Crippen LogP contribution in [0.2, 0.25) is 0 Å². The third kappa shape index (κ3) is 2.56. The van der Waals surface area contributed by atoms with E-state index in [9.17, 15) is 13.6 Å². The highest BCUT2D eigenvalue weighted by Crippen LogP contribution is 2.48. The molecule has 6 nitrogen and oxygen atoms in total. The summed E-state index contributed by atoms with van der Waals surface area (Å²) in [5, 5.41) is 5.38. The van der Waals surface area contributed by atoms with E-state index >= 15 is 0 Å². The van der Waals surface area contributed by atoms with Gasteiger partial charge in [0.15, 0.2) is 5.65 Å². The quantitative estimate of drug-likeness (QED) is 0.480. The second-order valence-electron chi connectivity index (χ2n) is 7.61. The summed E-state index contributed by atoms with van der Waals surface area (Å²) in [6.45, 7) is 3.91. The normalized spacial score (nSPS) is 19.4. The van der Waals surface area contributed by atoms with Gasteiger partial charge in [0.1, 0.15) is 23.0 Å². The molecule has 1 fully saturated rings. The second kappa shape index (κ2) is 6.37. The van der Waals surface area contributed by atoms with Crippen LogP contribution in [0, 0.1) is 18.6 Å². The van der Waals surface area contributed by atoms with Crippen LogP contribution in [-0.4, -0.2) is 27.9 Å². The molecule has 30 heavy (non-hydrogen) atoms. The van der Waals surface area contributed by atoms with Crippen LogP contribution in [0.1, 0.15) is 24.1 Å². The van der Waals surface area contributed by atoms with Crippen molar-refractivity contribution < 1.29 is 18.3 Å². The number of rotatable bonds is 4.